The van der Waals surface area contributed by atoms with E-state index in [2.05, 4.69) is 5.32 Å². The maximum atomic E-state index is 11.4. The Labute approximate surface area is 111 Å². The van der Waals surface area contributed by atoms with Crippen LogP contribution in [0.5, 0.6) is 0 Å². The predicted molar refractivity (Wildman–Crippen MR) is 67.9 cm³/mol. The van der Waals surface area contributed by atoms with Crippen molar-refractivity contribution in [2.75, 3.05) is 13.1 Å². The van der Waals surface area contributed by atoms with Crippen LogP contribution in [0.25, 0.3) is 0 Å². The zero-order chi connectivity index (χ0) is 12.2. The molecule has 0 bridgehead atoms. The second-order valence-electron chi connectivity index (χ2n) is 3.96. The maximum absolute atomic E-state index is 11.4. The molecule has 1 amide bonds. The van der Waals surface area contributed by atoms with Crippen molar-refractivity contribution in [1.82, 2.24) is 10.2 Å². The van der Waals surface area contributed by atoms with Gasteiger partial charge in [0, 0.05) is 19.5 Å². The van der Waals surface area contributed by atoms with Crippen molar-refractivity contribution in [1.29, 1.82) is 0 Å². The first-order valence-corrected chi connectivity index (χ1v) is 6.68. The van der Waals surface area contributed by atoms with Crippen LogP contribution in [0.1, 0.15) is 32.6 Å². The maximum Gasteiger partial charge on any atom is 0.223 e. The molecule has 0 aromatic rings. The summed E-state index contributed by atoms with van der Waals surface area (Å²) < 4.78 is -1.48. The molecule has 6 heteroatoms. The highest BCUT2D eigenvalue weighted by atomic mass is 35.6. The van der Waals surface area contributed by atoms with Crippen LogP contribution in [0.4, 0.5) is 0 Å². The van der Waals surface area contributed by atoms with Crippen LogP contribution in [0, 0.1) is 0 Å². The number of nitrogens with one attached hydrogen (secondary N) is 1. The summed E-state index contributed by atoms with van der Waals surface area (Å²) in [7, 11) is 0. The van der Waals surface area contributed by atoms with Gasteiger partial charge in [0.05, 0.1) is 0 Å². The average Bonchev–Trinajstić information content (AvgIpc) is 2.25. The lowest BCUT2D eigenvalue weighted by Crippen LogP contribution is -2.56. The van der Waals surface area contributed by atoms with Gasteiger partial charge in [-0.15, -0.1) is 0 Å². The second-order valence-corrected chi connectivity index (χ2v) is 6.33. The van der Waals surface area contributed by atoms with Crippen LogP contribution < -0.4 is 5.32 Å². The van der Waals surface area contributed by atoms with Gasteiger partial charge < -0.3 is 5.32 Å². The molecule has 0 aromatic heterocycles. The zero-order valence-corrected chi connectivity index (χ0v) is 11.6. The zero-order valence-electron chi connectivity index (χ0n) is 9.31. The Balaban J connectivity index is 2.66. The molecule has 0 aliphatic carbocycles. The summed E-state index contributed by atoms with van der Waals surface area (Å²) >= 11 is 17.7. The number of carbonyl (C=O) groups excluding carboxylic acids is 1. The minimum Gasteiger partial charge on any atom is -0.337 e. The number of likely N-dealkylation sites (tertiary alicyclic amines) is 1. The van der Waals surface area contributed by atoms with Crippen LogP contribution in [-0.2, 0) is 4.79 Å². The van der Waals surface area contributed by atoms with Crippen LogP contribution in [0.2, 0.25) is 0 Å². The van der Waals surface area contributed by atoms with E-state index in [1.54, 1.807) is 6.92 Å². The Kier molecular flexibility index (Phi) is 5.65. The molecular weight excluding hydrogens is 270 g/mol. The molecule has 1 atom stereocenters. The summed E-state index contributed by atoms with van der Waals surface area (Å²) in [4.78, 5) is 13.4. The number of piperidine rings is 1. The third-order valence-electron chi connectivity index (χ3n) is 2.68. The van der Waals surface area contributed by atoms with Gasteiger partial charge in [-0.2, -0.15) is 0 Å². The number of hydrogen-bond acceptors (Lipinski definition) is 2. The van der Waals surface area contributed by atoms with E-state index < -0.39 is 9.96 Å². The monoisotopic (exact) mass is 286 g/mol. The van der Waals surface area contributed by atoms with Crippen molar-refractivity contribution in [2.45, 2.75) is 42.6 Å². The highest BCUT2D eigenvalue weighted by Crippen LogP contribution is 2.33. The molecule has 16 heavy (non-hydrogen) atoms. The SMILES string of the molecule is CCC(=O)N[C@@H](N1CCCCC1)C(Cl)(Cl)Cl. The molecule has 1 aliphatic rings. The molecule has 0 unspecified atom stereocenters. The van der Waals surface area contributed by atoms with E-state index in [4.69, 9.17) is 34.8 Å². The lowest BCUT2D eigenvalue weighted by molar-refractivity contribution is -0.122. The molecule has 0 aromatic carbocycles. The molecule has 3 nitrogen and oxygen atoms in total. The number of halogens is 3. The summed E-state index contributed by atoms with van der Waals surface area (Å²) in [6.07, 6.45) is 3.24. The first-order valence-electron chi connectivity index (χ1n) is 5.55. The van der Waals surface area contributed by atoms with E-state index in [1.165, 1.54) is 6.42 Å². The minimum atomic E-state index is -1.48. The molecule has 1 fully saturated rings. The van der Waals surface area contributed by atoms with E-state index in [9.17, 15) is 4.79 Å². The van der Waals surface area contributed by atoms with Crippen molar-refractivity contribution in [2.24, 2.45) is 0 Å². The predicted octanol–water partition coefficient (Wildman–Crippen LogP) is 2.69. The molecule has 0 spiro atoms. The number of nitrogens with zero attached hydrogens (tertiary/aromatic N) is 1. The summed E-state index contributed by atoms with van der Waals surface area (Å²) in [5.74, 6) is -0.0955. The third-order valence-corrected chi connectivity index (χ3v) is 3.30. The van der Waals surface area contributed by atoms with Crippen LogP contribution in [0.15, 0.2) is 0 Å². The van der Waals surface area contributed by atoms with Crippen molar-refractivity contribution >= 4 is 40.7 Å². The van der Waals surface area contributed by atoms with Gasteiger partial charge in [-0.1, -0.05) is 48.1 Å². The van der Waals surface area contributed by atoms with Crippen LogP contribution in [0.3, 0.4) is 0 Å². The van der Waals surface area contributed by atoms with E-state index in [0.717, 1.165) is 25.9 Å². The highest BCUT2D eigenvalue weighted by Gasteiger charge is 2.38. The van der Waals surface area contributed by atoms with E-state index in [0.29, 0.717) is 6.42 Å². The smallest absolute Gasteiger partial charge is 0.223 e. The van der Waals surface area contributed by atoms with Gasteiger partial charge in [-0.25, -0.2) is 0 Å². The fraction of sp³-hybridized carbons (Fsp3) is 0.900. The minimum absolute atomic E-state index is 0.0955. The molecule has 1 aliphatic heterocycles. The summed E-state index contributed by atoms with van der Waals surface area (Å²) in [5, 5.41) is 2.77. The highest BCUT2D eigenvalue weighted by molar-refractivity contribution is 6.68. The summed E-state index contributed by atoms with van der Waals surface area (Å²) in [6, 6.07) is 0. The number of carbonyl (C=O) groups is 1. The molecule has 94 valence electrons. The normalized spacial score (nSPS) is 20.5. The Hall–Kier alpha value is 0.300. The van der Waals surface area contributed by atoms with E-state index >= 15 is 0 Å². The Morgan fingerprint density at radius 1 is 1.31 bits per heavy atom. The van der Waals surface area contributed by atoms with Crippen LogP contribution in [-0.4, -0.2) is 33.9 Å². The average molecular weight is 288 g/mol. The topological polar surface area (TPSA) is 32.3 Å². The first kappa shape index (κ1) is 14.4. The van der Waals surface area contributed by atoms with Gasteiger partial charge in [-0.05, 0) is 12.8 Å². The van der Waals surface area contributed by atoms with Crippen molar-refractivity contribution < 1.29 is 4.79 Å². The number of amides is 1. The van der Waals surface area contributed by atoms with Crippen LogP contribution >= 0.6 is 34.8 Å². The molecule has 0 saturated carbocycles. The molecule has 1 rings (SSSR count). The standard InChI is InChI=1S/C10H17Cl3N2O/c1-2-8(16)14-9(10(11,12)13)15-6-4-3-5-7-15/h9H,2-7H2,1H3,(H,14,16)/t9-/m0/s1. The van der Waals surface area contributed by atoms with Gasteiger partial charge in [-0.3, -0.25) is 9.69 Å². The second kappa shape index (κ2) is 6.29. The van der Waals surface area contributed by atoms with E-state index in [-0.39, 0.29) is 5.91 Å². The number of hydrogen-bond donors (Lipinski definition) is 1. The fourth-order valence-corrected chi connectivity index (χ4v) is 2.39. The third kappa shape index (κ3) is 4.28. The molecule has 1 saturated heterocycles. The van der Waals surface area contributed by atoms with Crippen molar-refractivity contribution in [3.05, 3.63) is 0 Å². The summed E-state index contributed by atoms with van der Waals surface area (Å²) in [5.41, 5.74) is 0. The van der Waals surface area contributed by atoms with Gasteiger partial charge in [0.2, 0.25) is 9.70 Å². The molecular formula is C10H17Cl3N2O. The number of rotatable bonds is 3. The Morgan fingerprint density at radius 2 is 1.88 bits per heavy atom. The van der Waals surface area contributed by atoms with Gasteiger partial charge in [0.25, 0.3) is 0 Å². The van der Waals surface area contributed by atoms with Crippen molar-refractivity contribution in [3.63, 3.8) is 0 Å². The molecule has 0 radical (unpaired) electrons. The largest absolute Gasteiger partial charge is 0.337 e. The molecule has 1 N–H and O–H groups in total. The Morgan fingerprint density at radius 3 is 2.31 bits per heavy atom. The quantitative estimate of drug-likeness (QED) is 0.810. The van der Waals surface area contributed by atoms with E-state index in [1.807, 2.05) is 4.90 Å². The first-order chi connectivity index (χ1) is 7.45. The van der Waals surface area contributed by atoms with Gasteiger partial charge in [0.15, 0.2) is 0 Å². The number of alkyl halides is 3. The summed E-state index contributed by atoms with van der Waals surface area (Å²) in [6.45, 7) is 3.51. The lowest BCUT2D eigenvalue weighted by atomic mass is 10.1. The Bertz CT molecular complexity index is 237. The van der Waals surface area contributed by atoms with Gasteiger partial charge in [0.1, 0.15) is 6.17 Å². The van der Waals surface area contributed by atoms with Gasteiger partial charge >= 0.3 is 0 Å². The fourth-order valence-electron chi connectivity index (χ4n) is 1.81. The van der Waals surface area contributed by atoms with Crippen molar-refractivity contribution in [3.8, 4) is 0 Å². The lowest BCUT2D eigenvalue weighted by Gasteiger charge is -2.38. The molecule has 1 heterocycles.